The minimum absolute atomic E-state index is 0.254. The van der Waals surface area contributed by atoms with Gasteiger partial charge in [-0.15, -0.1) is 4.40 Å². The Balaban J connectivity index is 1.91. The second-order valence-corrected chi connectivity index (χ2v) is 6.74. The van der Waals surface area contributed by atoms with Gasteiger partial charge < -0.3 is 10.6 Å². The van der Waals surface area contributed by atoms with E-state index < -0.39 is 10.0 Å². The smallest absolute Gasteiger partial charge is 0.287 e. The molecule has 1 aliphatic heterocycles. The lowest BCUT2D eigenvalue weighted by molar-refractivity contribution is 0.595. The first-order valence-electron chi connectivity index (χ1n) is 6.54. The molecule has 2 N–H and O–H groups in total. The molecular formula is C13H17N3O2S. The van der Waals surface area contributed by atoms with Gasteiger partial charge in [0.05, 0.1) is 5.69 Å². The number of sulfonamides is 1. The molecule has 1 saturated carbocycles. The van der Waals surface area contributed by atoms with E-state index in [-0.39, 0.29) is 4.90 Å². The lowest BCUT2D eigenvalue weighted by Gasteiger charge is -2.22. The molecule has 19 heavy (non-hydrogen) atoms. The third-order valence-corrected chi connectivity index (χ3v) is 4.89. The summed E-state index contributed by atoms with van der Waals surface area (Å²) >= 11 is 0. The molecule has 1 aliphatic carbocycles. The number of nitrogens with one attached hydrogen (secondary N) is 2. The molecule has 0 radical (unpaired) electrons. The Bertz CT molecular complexity index is 631. The molecule has 1 heterocycles. The van der Waals surface area contributed by atoms with Gasteiger partial charge in [-0.2, -0.15) is 8.42 Å². The van der Waals surface area contributed by atoms with E-state index in [9.17, 15) is 8.42 Å². The van der Waals surface area contributed by atoms with Crippen LogP contribution in [0.25, 0.3) is 0 Å². The van der Waals surface area contributed by atoms with E-state index in [4.69, 9.17) is 0 Å². The fourth-order valence-corrected chi connectivity index (χ4v) is 3.76. The van der Waals surface area contributed by atoms with Crippen molar-refractivity contribution in [2.45, 2.75) is 43.5 Å². The number of hydrogen-bond donors (Lipinski definition) is 2. The molecule has 0 amide bonds. The van der Waals surface area contributed by atoms with Gasteiger partial charge in [0.2, 0.25) is 5.96 Å². The van der Waals surface area contributed by atoms with Crippen LogP contribution in [0, 0.1) is 6.92 Å². The third kappa shape index (κ3) is 2.45. The molecule has 5 nitrogen and oxygen atoms in total. The molecular weight excluding hydrogens is 262 g/mol. The minimum atomic E-state index is -3.59. The maximum absolute atomic E-state index is 12.1. The molecule has 0 bridgehead atoms. The van der Waals surface area contributed by atoms with Crippen LogP contribution in [-0.4, -0.2) is 20.4 Å². The van der Waals surface area contributed by atoms with Crippen LogP contribution in [0.4, 0.5) is 5.69 Å². The number of hydrogen-bond acceptors (Lipinski definition) is 4. The van der Waals surface area contributed by atoms with Crippen molar-refractivity contribution in [3.8, 4) is 0 Å². The van der Waals surface area contributed by atoms with Crippen molar-refractivity contribution in [2.75, 3.05) is 5.32 Å². The molecule has 102 valence electrons. The van der Waals surface area contributed by atoms with Crippen LogP contribution in [0.1, 0.15) is 31.2 Å². The summed E-state index contributed by atoms with van der Waals surface area (Å²) in [6, 6.07) is 5.65. The predicted molar refractivity (Wildman–Crippen MR) is 74.8 cm³/mol. The zero-order valence-electron chi connectivity index (χ0n) is 10.8. The highest BCUT2D eigenvalue weighted by Crippen LogP contribution is 2.28. The average molecular weight is 279 g/mol. The molecule has 0 unspecified atom stereocenters. The Hall–Kier alpha value is -1.56. The van der Waals surface area contributed by atoms with Gasteiger partial charge in [0.25, 0.3) is 10.0 Å². The summed E-state index contributed by atoms with van der Waals surface area (Å²) in [5.74, 6) is 0.350. The quantitative estimate of drug-likeness (QED) is 0.825. The molecule has 3 rings (SSSR count). The lowest BCUT2D eigenvalue weighted by Crippen LogP contribution is -2.40. The van der Waals surface area contributed by atoms with Gasteiger partial charge in [0.1, 0.15) is 4.90 Å². The first kappa shape index (κ1) is 12.5. The minimum Gasteiger partial charge on any atom is -0.352 e. The Morgan fingerprint density at radius 3 is 2.79 bits per heavy atom. The number of anilines is 1. The van der Waals surface area contributed by atoms with E-state index in [1.807, 2.05) is 13.0 Å². The van der Waals surface area contributed by atoms with E-state index in [1.165, 1.54) is 12.8 Å². The average Bonchev–Trinajstić information content (AvgIpc) is 2.82. The topological polar surface area (TPSA) is 70.6 Å². The van der Waals surface area contributed by atoms with Crippen LogP contribution in [0.3, 0.4) is 0 Å². The van der Waals surface area contributed by atoms with E-state index in [0.29, 0.717) is 17.7 Å². The first-order chi connectivity index (χ1) is 9.04. The van der Waals surface area contributed by atoms with Gasteiger partial charge in [0.15, 0.2) is 0 Å². The molecule has 0 spiro atoms. The van der Waals surface area contributed by atoms with Crippen LogP contribution >= 0.6 is 0 Å². The second kappa shape index (κ2) is 4.52. The van der Waals surface area contributed by atoms with E-state index in [0.717, 1.165) is 18.4 Å². The summed E-state index contributed by atoms with van der Waals surface area (Å²) in [6.45, 7) is 1.87. The number of fused-ring (bicyclic) bond motifs is 1. The largest absolute Gasteiger partial charge is 0.352 e. The van der Waals surface area contributed by atoms with Crippen molar-refractivity contribution in [1.29, 1.82) is 0 Å². The highest BCUT2D eigenvalue weighted by molar-refractivity contribution is 7.90. The Kier molecular flexibility index (Phi) is 2.97. The van der Waals surface area contributed by atoms with Crippen LogP contribution in [0.2, 0.25) is 0 Å². The number of aryl methyl sites for hydroxylation is 1. The molecule has 0 atom stereocenters. The Morgan fingerprint density at radius 2 is 2.05 bits per heavy atom. The highest BCUT2D eigenvalue weighted by Gasteiger charge is 2.26. The fraction of sp³-hybridized carbons (Fsp3) is 0.462. The summed E-state index contributed by atoms with van der Waals surface area (Å²) in [4.78, 5) is 0.254. The molecule has 1 aromatic rings. The predicted octanol–water partition coefficient (Wildman–Crippen LogP) is 2.00. The number of nitrogens with zero attached hydrogens (tertiary/aromatic N) is 1. The van der Waals surface area contributed by atoms with Gasteiger partial charge in [-0.3, -0.25) is 0 Å². The molecule has 2 aliphatic rings. The third-order valence-electron chi connectivity index (χ3n) is 3.58. The van der Waals surface area contributed by atoms with E-state index in [1.54, 1.807) is 12.1 Å². The molecule has 0 saturated heterocycles. The van der Waals surface area contributed by atoms with Gasteiger partial charge in [-0.25, -0.2) is 0 Å². The Morgan fingerprint density at radius 1 is 1.32 bits per heavy atom. The SMILES string of the molecule is Cc1ccc2c(c1)S(=O)(=O)N=C(NC1CCCC1)N2. The summed E-state index contributed by atoms with van der Waals surface area (Å²) < 4.78 is 28.1. The molecule has 1 aromatic carbocycles. The van der Waals surface area contributed by atoms with Crippen LogP contribution in [0.15, 0.2) is 27.5 Å². The highest BCUT2D eigenvalue weighted by atomic mass is 32.2. The first-order valence-corrected chi connectivity index (χ1v) is 7.98. The van der Waals surface area contributed by atoms with Crippen molar-refractivity contribution in [3.05, 3.63) is 23.8 Å². The lowest BCUT2D eigenvalue weighted by atomic mass is 10.2. The number of guanidine groups is 1. The Labute approximate surface area is 113 Å². The zero-order chi connectivity index (χ0) is 13.5. The summed E-state index contributed by atoms with van der Waals surface area (Å²) in [7, 11) is -3.59. The van der Waals surface area contributed by atoms with Crippen LogP contribution in [0.5, 0.6) is 0 Å². The van der Waals surface area contributed by atoms with Crippen LogP contribution in [-0.2, 0) is 10.0 Å². The maximum Gasteiger partial charge on any atom is 0.287 e. The number of rotatable bonds is 1. The van der Waals surface area contributed by atoms with Gasteiger partial charge >= 0.3 is 0 Å². The van der Waals surface area contributed by atoms with Crippen molar-refractivity contribution >= 4 is 21.7 Å². The van der Waals surface area contributed by atoms with Crippen molar-refractivity contribution in [3.63, 3.8) is 0 Å². The zero-order valence-corrected chi connectivity index (χ0v) is 11.6. The second-order valence-electron chi connectivity index (χ2n) is 5.17. The monoisotopic (exact) mass is 279 g/mol. The fourth-order valence-electron chi connectivity index (χ4n) is 2.59. The molecule has 0 aromatic heterocycles. The normalized spacial score (nSPS) is 21.4. The van der Waals surface area contributed by atoms with Crippen molar-refractivity contribution in [2.24, 2.45) is 4.40 Å². The molecule has 1 fully saturated rings. The van der Waals surface area contributed by atoms with Gasteiger partial charge in [-0.05, 0) is 37.5 Å². The van der Waals surface area contributed by atoms with Crippen LogP contribution < -0.4 is 10.6 Å². The maximum atomic E-state index is 12.1. The van der Waals surface area contributed by atoms with Crippen molar-refractivity contribution in [1.82, 2.24) is 5.32 Å². The standard InChI is InChI=1S/C13H17N3O2S/c1-9-6-7-11-12(8-9)19(17,18)16-13(15-11)14-10-4-2-3-5-10/h6-8,10H,2-5H2,1H3,(H2,14,15,16). The summed E-state index contributed by atoms with van der Waals surface area (Å²) in [5.41, 5.74) is 1.51. The van der Waals surface area contributed by atoms with Gasteiger partial charge in [-0.1, -0.05) is 18.9 Å². The van der Waals surface area contributed by atoms with E-state index >= 15 is 0 Å². The van der Waals surface area contributed by atoms with Gasteiger partial charge in [0, 0.05) is 6.04 Å². The van der Waals surface area contributed by atoms with Crippen molar-refractivity contribution < 1.29 is 8.42 Å². The van der Waals surface area contributed by atoms with E-state index in [2.05, 4.69) is 15.0 Å². The number of benzene rings is 1. The molecule has 6 heteroatoms. The summed E-state index contributed by atoms with van der Waals surface area (Å²) in [5, 5.41) is 6.26. The summed E-state index contributed by atoms with van der Waals surface area (Å²) in [6.07, 6.45) is 4.52.